The lowest BCUT2D eigenvalue weighted by Gasteiger charge is -1.77. The highest BCUT2D eigenvalue weighted by molar-refractivity contribution is 7.59. The molecule has 0 unspecified atom stereocenters. The van der Waals surface area contributed by atoms with Gasteiger partial charge in [0.1, 0.15) is 6.26 Å². The molecule has 0 spiro atoms. The molecule has 0 aromatic carbocycles. The molecule has 0 atom stereocenters. The molecule has 1 heterocycles. The molecule has 4 nitrogen and oxygen atoms in total. The van der Waals surface area contributed by atoms with Gasteiger partial charge < -0.3 is 10.3 Å². The Kier molecular flexibility index (Phi) is 2.80. The second-order valence-corrected chi connectivity index (χ2v) is 1.25. The van der Waals surface area contributed by atoms with Gasteiger partial charge in [0.2, 0.25) is 0 Å². The fourth-order valence-electron chi connectivity index (χ4n) is 0.340. The van der Waals surface area contributed by atoms with E-state index in [0.29, 0.717) is 0 Å². The van der Waals surface area contributed by atoms with Crippen molar-refractivity contribution in [3.8, 4) is 0 Å². The fraction of sp³-hybridized carbons (Fsp3) is 0. The number of carbonyl (C=O) groups is 1. The largest absolute Gasteiger partial charge is 0.364 e. The van der Waals surface area contributed by atoms with E-state index in [2.05, 4.69) is 9.68 Å². The molecule has 0 aliphatic carbocycles. The molecular weight excluding hydrogens is 140 g/mol. The van der Waals surface area contributed by atoms with Crippen molar-refractivity contribution >= 4 is 19.4 Å². The number of carbonyl (C=O) groups excluding carboxylic acids is 1. The number of primary amides is 1. The van der Waals surface area contributed by atoms with E-state index in [9.17, 15) is 4.79 Å². The first-order valence-corrected chi connectivity index (χ1v) is 2.01. The van der Waals surface area contributed by atoms with E-state index in [1.165, 1.54) is 12.3 Å². The Balaban J connectivity index is 0.000000640. The fourth-order valence-corrected chi connectivity index (χ4v) is 0.340. The number of nitrogens with two attached hydrogens (primary N) is 1. The molecule has 0 saturated heterocycles. The smallest absolute Gasteiger partial charge is 0.270 e. The maximum absolute atomic E-state index is 10.2. The molecular formula is C4H6N2O2S. The van der Waals surface area contributed by atoms with Gasteiger partial charge >= 0.3 is 0 Å². The van der Waals surface area contributed by atoms with Crippen molar-refractivity contribution in [1.82, 2.24) is 5.16 Å². The lowest BCUT2D eigenvalue weighted by atomic mass is 10.4. The summed E-state index contributed by atoms with van der Waals surface area (Å²) in [5.41, 5.74) is 4.95. The van der Waals surface area contributed by atoms with Gasteiger partial charge in [-0.3, -0.25) is 4.79 Å². The van der Waals surface area contributed by atoms with Crippen LogP contribution in [0.2, 0.25) is 0 Å². The highest BCUT2D eigenvalue weighted by Crippen LogP contribution is 1.89. The molecule has 0 radical (unpaired) electrons. The molecule has 1 amide bonds. The topological polar surface area (TPSA) is 69.1 Å². The second-order valence-electron chi connectivity index (χ2n) is 1.25. The molecule has 9 heavy (non-hydrogen) atoms. The summed E-state index contributed by atoms with van der Waals surface area (Å²) in [5, 5.41) is 3.27. The first kappa shape index (κ1) is 8.03. The zero-order chi connectivity index (χ0) is 5.98. The molecule has 2 N–H and O–H groups in total. The third-order valence-corrected chi connectivity index (χ3v) is 0.690. The minimum Gasteiger partial charge on any atom is -0.364 e. The molecule has 0 saturated carbocycles. The maximum atomic E-state index is 10.2. The van der Waals surface area contributed by atoms with Crippen molar-refractivity contribution in [2.45, 2.75) is 0 Å². The third kappa shape index (κ3) is 1.77. The van der Waals surface area contributed by atoms with Crippen LogP contribution in [-0.4, -0.2) is 11.1 Å². The van der Waals surface area contributed by atoms with Gasteiger partial charge in [-0.05, 0) is 0 Å². The molecule has 5 heteroatoms. The summed E-state index contributed by atoms with van der Waals surface area (Å²) in [6.45, 7) is 0. The average Bonchev–Trinajstić information content (AvgIpc) is 2.12. The number of amides is 1. The van der Waals surface area contributed by atoms with Crippen LogP contribution >= 0.6 is 13.5 Å². The lowest BCUT2D eigenvalue weighted by Crippen LogP contribution is -2.10. The summed E-state index contributed by atoms with van der Waals surface area (Å²) >= 11 is 0. The van der Waals surface area contributed by atoms with Crippen LogP contribution in [0, 0.1) is 0 Å². The normalized spacial score (nSPS) is 8.00. The van der Waals surface area contributed by atoms with E-state index in [0.717, 1.165) is 0 Å². The minimum atomic E-state index is -0.571. The first-order valence-electron chi connectivity index (χ1n) is 2.01. The highest BCUT2D eigenvalue weighted by Gasteiger charge is 1.99. The summed E-state index contributed by atoms with van der Waals surface area (Å²) < 4.78 is 4.32. The molecule has 1 aromatic heterocycles. The van der Waals surface area contributed by atoms with E-state index in [4.69, 9.17) is 5.73 Å². The van der Waals surface area contributed by atoms with Gasteiger partial charge in [-0.15, -0.1) is 0 Å². The molecule has 1 rings (SSSR count). The van der Waals surface area contributed by atoms with E-state index < -0.39 is 5.91 Å². The second kappa shape index (κ2) is 3.13. The van der Waals surface area contributed by atoms with Crippen molar-refractivity contribution in [2.75, 3.05) is 0 Å². The van der Waals surface area contributed by atoms with E-state index >= 15 is 0 Å². The standard InChI is InChI=1S/C4H4N2O2.H2S/c5-4(7)3-1-2-8-6-3;/h1-2H,(H2,5,7);1H2. The van der Waals surface area contributed by atoms with Crippen LogP contribution in [0.15, 0.2) is 16.9 Å². The van der Waals surface area contributed by atoms with Crippen LogP contribution < -0.4 is 5.73 Å². The van der Waals surface area contributed by atoms with Crippen LogP contribution in [0.4, 0.5) is 0 Å². The lowest BCUT2D eigenvalue weighted by molar-refractivity contribution is 0.0991. The first-order chi connectivity index (χ1) is 3.80. The van der Waals surface area contributed by atoms with Gasteiger partial charge in [-0.25, -0.2) is 0 Å². The Morgan fingerprint density at radius 3 is 2.67 bits per heavy atom. The van der Waals surface area contributed by atoms with Gasteiger partial charge in [-0.1, -0.05) is 5.16 Å². The SMILES string of the molecule is NC(=O)c1ccon1.S. The Labute approximate surface area is 58.5 Å². The summed E-state index contributed by atoms with van der Waals surface area (Å²) in [6.07, 6.45) is 1.29. The van der Waals surface area contributed by atoms with E-state index in [-0.39, 0.29) is 19.2 Å². The molecule has 50 valence electrons. The van der Waals surface area contributed by atoms with Crippen LogP contribution in [-0.2, 0) is 0 Å². The summed E-state index contributed by atoms with van der Waals surface area (Å²) in [5.74, 6) is -0.571. The van der Waals surface area contributed by atoms with Crippen molar-refractivity contribution in [2.24, 2.45) is 5.73 Å². The van der Waals surface area contributed by atoms with Gasteiger partial charge in [0.25, 0.3) is 5.91 Å². The zero-order valence-corrected chi connectivity index (χ0v) is 5.50. The predicted octanol–water partition coefficient (Wildman–Crippen LogP) is -0.114. The highest BCUT2D eigenvalue weighted by atomic mass is 32.1. The Bertz CT molecular complexity index is 184. The minimum absolute atomic E-state index is 0. The average molecular weight is 146 g/mol. The number of nitrogens with zero attached hydrogens (tertiary/aromatic N) is 1. The molecule has 0 bridgehead atoms. The number of hydrogen-bond donors (Lipinski definition) is 1. The monoisotopic (exact) mass is 146 g/mol. The van der Waals surface area contributed by atoms with Gasteiger partial charge in [0.15, 0.2) is 5.69 Å². The van der Waals surface area contributed by atoms with Crippen LogP contribution in [0.25, 0.3) is 0 Å². The van der Waals surface area contributed by atoms with Crippen LogP contribution in [0.3, 0.4) is 0 Å². The van der Waals surface area contributed by atoms with E-state index in [1.807, 2.05) is 0 Å². The summed E-state index contributed by atoms with van der Waals surface area (Å²) in [7, 11) is 0. The summed E-state index contributed by atoms with van der Waals surface area (Å²) in [6, 6.07) is 1.41. The van der Waals surface area contributed by atoms with Crippen molar-refractivity contribution in [3.63, 3.8) is 0 Å². The number of aromatic nitrogens is 1. The van der Waals surface area contributed by atoms with Crippen molar-refractivity contribution in [3.05, 3.63) is 18.0 Å². The van der Waals surface area contributed by atoms with Crippen LogP contribution in [0.5, 0.6) is 0 Å². The third-order valence-electron chi connectivity index (χ3n) is 0.690. The number of hydrogen-bond acceptors (Lipinski definition) is 3. The Morgan fingerprint density at radius 1 is 1.78 bits per heavy atom. The summed E-state index contributed by atoms with van der Waals surface area (Å²) in [4.78, 5) is 10.2. The maximum Gasteiger partial charge on any atom is 0.270 e. The number of rotatable bonds is 1. The van der Waals surface area contributed by atoms with Gasteiger partial charge in [-0.2, -0.15) is 13.5 Å². The van der Waals surface area contributed by atoms with Crippen molar-refractivity contribution in [1.29, 1.82) is 0 Å². The van der Waals surface area contributed by atoms with Gasteiger partial charge in [0.05, 0.1) is 0 Å². The Hall–Kier alpha value is -0.970. The molecule has 0 aliphatic heterocycles. The molecule has 0 fully saturated rings. The Morgan fingerprint density at radius 2 is 2.44 bits per heavy atom. The van der Waals surface area contributed by atoms with Crippen LogP contribution in [0.1, 0.15) is 10.5 Å². The van der Waals surface area contributed by atoms with E-state index in [1.54, 1.807) is 0 Å². The predicted molar refractivity (Wildman–Crippen MR) is 35.4 cm³/mol. The molecule has 1 aromatic rings. The zero-order valence-electron chi connectivity index (χ0n) is 4.50. The van der Waals surface area contributed by atoms with Gasteiger partial charge in [0, 0.05) is 6.07 Å². The molecule has 0 aliphatic rings. The van der Waals surface area contributed by atoms with Crippen molar-refractivity contribution < 1.29 is 9.32 Å². The quantitative estimate of drug-likeness (QED) is 0.600.